The molecule has 6 nitrogen and oxygen atoms in total. The predicted molar refractivity (Wildman–Crippen MR) is 99.4 cm³/mol. The van der Waals surface area contributed by atoms with Gasteiger partial charge in [-0.3, -0.25) is 14.6 Å². The Morgan fingerprint density at radius 2 is 1.92 bits per heavy atom. The highest BCUT2D eigenvalue weighted by Gasteiger charge is 2.29. The highest BCUT2D eigenvalue weighted by molar-refractivity contribution is 5.81. The number of hydrogen-bond acceptors (Lipinski definition) is 4. The summed E-state index contributed by atoms with van der Waals surface area (Å²) in [5.41, 5.74) is 1.82. The second-order valence-electron chi connectivity index (χ2n) is 6.78. The summed E-state index contributed by atoms with van der Waals surface area (Å²) in [5.74, 6) is 0.0815. The zero-order chi connectivity index (χ0) is 18.5. The molecule has 6 heteroatoms. The van der Waals surface area contributed by atoms with Crippen LogP contribution in [0.15, 0.2) is 36.4 Å². The van der Waals surface area contributed by atoms with E-state index in [-0.39, 0.29) is 24.3 Å². The predicted octanol–water partition coefficient (Wildman–Crippen LogP) is 2.08. The maximum Gasteiger partial charge on any atom is 0.248 e. The number of carbonyl (C=O) groups excluding carboxylic acids is 2. The highest BCUT2D eigenvalue weighted by Crippen LogP contribution is 2.20. The Bertz CT molecular complexity index is 785. The second-order valence-corrected chi connectivity index (χ2v) is 6.78. The molecule has 0 atom stereocenters. The van der Waals surface area contributed by atoms with E-state index < -0.39 is 0 Å². The van der Waals surface area contributed by atoms with Crippen molar-refractivity contribution in [2.75, 3.05) is 33.9 Å². The molecule has 2 heterocycles. The van der Waals surface area contributed by atoms with Gasteiger partial charge < -0.3 is 14.5 Å². The minimum Gasteiger partial charge on any atom is -0.375 e. The van der Waals surface area contributed by atoms with Gasteiger partial charge in [-0.1, -0.05) is 24.3 Å². The van der Waals surface area contributed by atoms with Crippen LogP contribution in [0.1, 0.15) is 18.5 Å². The van der Waals surface area contributed by atoms with E-state index in [1.165, 1.54) is 7.11 Å². The summed E-state index contributed by atoms with van der Waals surface area (Å²) < 4.78 is 4.89. The first-order valence-electron chi connectivity index (χ1n) is 8.95. The van der Waals surface area contributed by atoms with E-state index in [2.05, 4.69) is 4.98 Å². The van der Waals surface area contributed by atoms with Crippen LogP contribution in [0.4, 0.5) is 0 Å². The summed E-state index contributed by atoms with van der Waals surface area (Å²) in [6, 6.07) is 12.0. The maximum atomic E-state index is 12.7. The van der Waals surface area contributed by atoms with Gasteiger partial charge in [-0.05, 0) is 25.0 Å². The molecule has 1 saturated heterocycles. The van der Waals surface area contributed by atoms with Gasteiger partial charge in [0.25, 0.3) is 0 Å². The molecule has 0 N–H and O–H groups in total. The van der Waals surface area contributed by atoms with Crippen LogP contribution in [0.5, 0.6) is 0 Å². The van der Waals surface area contributed by atoms with Gasteiger partial charge in [0.2, 0.25) is 11.8 Å². The number of aromatic nitrogens is 1. The molecule has 3 rings (SSSR count). The first kappa shape index (κ1) is 18.3. The third-order valence-corrected chi connectivity index (χ3v) is 4.90. The average molecular weight is 355 g/mol. The molecule has 1 aliphatic rings. The Labute approximate surface area is 153 Å². The number of methoxy groups -OCH3 is 1. The van der Waals surface area contributed by atoms with E-state index >= 15 is 0 Å². The van der Waals surface area contributed by atoms with Gasteiger partial charge in [-0.25, -0.2) is 0 Å². The first-order valence-corrected chi connectivity index (χ1v) is 8.95. The lowest BCUT2D eigenvalue weighted by Gasteiger charge is -2.33. The molecule has 0 spiro atoms. The quantitative estimate of drug-likeness (QED) is 0.824. The van der Waals surface area contributed by atoms with Crippen LogP contribution in [0.2, 0.25) is 0 Å². The van der Waals surface area contributed by atoms with Gasteiger partial charge in [0.15, 0.2) is 0 Å². The zero-order valence-electron chi connectivity index (χ0n) is 15.4. The summed E-state index contributed by atoms with van der Waals surface area (Å²) in [6.07, 6.45) is 1.40. The number of ether oxygens (including phenoxy) is 1. The van der Waals surface area contributed by atoms with E-state index in [1.807, 2.05) is 43.4 Å². The zero-order valence-corrected chi connectivity index (χ0v) is 15.4. The molecule has 0 unspecified atom stereocenters. The number of rotatable bonds is 5. The lowest BCUT2D eigenvalue weighted by Crippen LogP contribution is -2.44. The van der Waals surface area contributed by atoms with Crippen LogP contribution in [-0.4, -0.2) is 60.5 Å². The fourth-order valence-electron chi connectivity index (χ4n) is 3.42. The number of carbonyl (C=O) groups is 2. The Kier molecular flexibility index (Phi) is 5.83. The number of likely N-dealkylation sites (tertiary alicyclic amines) is 1. The molecule has 0 bridgehead atoms. The van der Waals surface area contributed by atoms with Gasteiger partial charge in [0, 0.05) is 38.6 Å². The van der Waals surface area contributed by atoms with Crippen LogP contribution >= 0.6 is 0 Å². The van der Waals surface area contributed by atoms with Crippen LogP contribution in [-0.2, 0) is 20.9 Å². The van der Waals surface area contributed by atoms with Crippen LogP contribution in [0.3, 0.4) is 0 Å². The molecule has 1 aromatic heterocycles. The summed E-state index contributed by atoms with van der Waals surface area (Å²) in [4.78, 5) is 32.8. The first-order chi connectivity index (χ1) is 12.6. The Hall–Kier alpha value is -2.47. The number of piperidine rings is 1. The van der Waals surface area contributed by atoms with Crippen molar-refractivity contribution in [3.63, 3.8) is 0 Å². The smallest absolute Gasteiger partial charge is 0.248 e. The Morgan fingerprint density at radius 3 is 2.65 bits per heavy atom. The number of para-hydroxylation sites is 1. The standard InChI is InChI=1S/C20H25N3O3/c1-22(13-17-8-7-15-5-3-4-6-18(15)21-17)20(25)16-9-11-23(12-10-16)19(24)14-26-2/h3-8,16H,9-14H2,1-2H3. The lowest BCUT2D eigenvalue weighted by molar-refractivity contribution is -0.142. The fourth-order valence-corrected chi connectivity index (χ4v) is 3.42. The van der Waals surface area contributed by atoms with Crippen molar-refractivity contribution in [1.82, 2.24) is 14.8 Å². The van der Waals surface area contributed by atoms with Crippen LogP contribution in [0.25, 0.3) is 10.9 Å². The molecule has 0 radical (unpaired) electrons. The third-order valence-electron chi connectivity index (χ3n) is 4.90. The SMILES string of the molecule is COCC(=O)N1CCC(C(=O)N(C)Cc2ccc3ccccc3n2)CC1. The molecule has 1 aliphatic heterocycles. The molecule has 1 fully saturated rings. The highest BCUT2D eigenvalue weighted by atomic mass is 16.5. The van der Waals surface area contributed by atoms with Crippen molar-refractivity contribution >= 4 is 22.7 Å². The average Bonchev–Trinajstić information content (AvgIpc) is 2.67. The molecule has 138 valence electrons. The Balaban J connectivity index is 1.57. The van der Waals surface area contributed by atoms with E-state index in [9.17, 15) is 9.59 Å². The number of benzene rings is 1. The summed E-state index contributed by atoms with van der Waals surface area (Å²) in [6.45, 7) is 1.82. The summed E-state index contributed by atoms with van der Waals surface area (Å²) in [5, 5.41) is 1.10. The van der Waals surface area contributed by atoms with Crippen molar-refractivity contribution in [1.29, 1.82) is 0 Å². The van der Waals surface area contributed by atoms with Crippen LogP contribution < -0.4 is 0 Å². The number of fused-ring (bicyclic) bond motifs is 1. The lowest BCUT2D eigenvalue weighted by atomic mass is 9.95. The largest absolute Gasteiger partial charge is 0.375 e. The summed E-state index contributed by atoms with van der Waals surface area (Å²) in [7, 11) is 3.34. The third kappa shape index (κ3) is 4.19. The second kappa shape index (κ2) is 8.27. The molecule has 2 aromatic rings. The monoisotopic (exact) mass is 355 g/mol. The van der Waals surface area contributed by atoms with Gasteiger partial charge in [-0.2, -0.15) is 0 Å². The molecule has 26 heavy (non-hydrogen) atoms. The van der Waals surface area contributed by atoms with Crippen molar-refractivity contribution < 1.29 is 14.3 Å². The molecule has 2 amide bonds. The maximum absolute atomic E-state index is 12.7. The van der Waals surface area contributed by atoms with Gasteiger partial charge in [0.1, 0.15) is 6.61 Å². The van der Waals surface area contributed by atoms with Crippen molar-refractivity contribution in [3.8, 4) is 0 Å². The van der Waals surface area contributed by atoms with E-state index in [1.54, 1.807) is 9.80 Å². The van der Waals surface area contributed by atoms with E-state index in [0.717, 1.165) is 16.6 Å². The number of hydrogen-bond donors (Lipinski definition) is 0. The molecule has 0 saturated carbocycles. The van der Waals surface area contributed by atoms with E-state index in [0.29, 0.717) is 32.5 Å². The molecular formula is C20H25N3O3. The van der Waals surface area contributed by atoms with Crippen molar-refractivity contribution in [2.45, 2.75) is 19.4 Å². The normalized spacial score (nSPS) is 15.2. The number of pyridine rings is 1. The van der Waals surface area contributed by atoms with E-state index in [4.69, 9.17) is 4.74 Å². The van der Waals surface area contributed by atoms with Crippen molar-refractivity contribution in [2.24, 2.45) is 5.92 Å². The Morgan fingerprint density at radius 1 is 1.19 bits per heavy atom. The van der Waals surface area contributed by atoms with Gasteiger partial charge >= 0.3 is 0 Å². The fraction of sp³-hybridized carbons (Fsp3) is 0.450. The molecule has 0 aliphatic carbocycles. The number of amides is 2. The minimum absolute atomic E-state index is 0.00730. The van der Waals surface area contributed by atoms with Crippen LogP contribution in [0, 0.1) is 5.92 Å². The minimum atomic E-state index is -0.0351. The van der Waals surface area contributed by atoms with Gasteiger partial charge in [0.05, 0.1) is 17.8 Å². The molecule has 1 aromatic carbocycles. The molecular weight excluding hydrogens is 330 g/mol. The topological polar surface area (TPSA) is 62.7 Å². The van der Waals surface area contributed by atoms with Crippen molar-refractivity contribution in [3.05, 3.63) is 42.1 Å². The van der Waals surface area contributed by atoms with Gasteiger partial charge in [-0.15, -0.1) is 0 Å². The number of nitrogens with zero attached hydrogens (tertiary/aromatic N) is 3. The summed E-state index contributed by atoms with van der Waals surface area (Å²) >= 11 is 0.